The predicted octanol–water partition coefficient (Wildman–Crippen LogP) is 5.16. The Kier molecular flexibility index (Phi) is 3.97. The molecule has 0 radical (unpaired) electrons. The van der Waals surface area contributed by atoms with Crippen LogP contribution in [0.5, 0.6) is 5.75 Å². The Morgan fingerprint density at radius 1 is 1.33 bits per heavy atom. The Morgan fingerprint density at radius 3 is 2.67 bits per heavy atom. The first-order chi connectivity index (χ1) is 11.5. The van der Waals surface area contributed by atoms with E-state index in [9.17, 15) is 10.1 Å². The number of allylic oxidation sites excluding steroid dienone is 1. The molecule has 122 valence electrons. The molecule has 2 aromatic carbocycles. The van der Waals surface area contributed by atoms with Crippen LogP contribution >= 0.6 is 0 Å². The van der Waals surface area contributed by atoms with Crippen molar-refractivity contribution in [3.05, 3.63) is 68.8 Å². The summed E-state index contributed by atoms with van der Waals surface area (Å²) in [5, 5.41) is 11.1. The number of rotatable bonds is 4. The van der Waals surface area contributed by atoms with Crippen LogP contribution in [0.25, 0.3) is 23.3 Å². The molecular weight excluding hydrogens is 302 g/mol. The van der Waals surface area contributed by atoms with Crippen LogP contribution in [0, 0.1) is 17.0 Å². The fraction of sp³-hybridized carbons (Fsp3) is 0.200. The maximum Gasteiger partial charge on any atom is 0.269 e. The van der Waals surface area contributed by atoms with Gasteiger partial charge in [0.1, 0.15) is 5.75 Å². The molecule has 0 atom stereocenters. The van der Waals surface area contributed by atoms with E-state index in [0.29, 0.717) is 6.42 Å². The molecule has 0 fully saturated rings. The number of nitro groups is 1. The lowest BCUT2D eigenvalue weighted by Gasteiger charge is -2.18. The molecule has 4 heteroatoms. The lowest BCUT2D eigenvalue weighted by atomic mass is 9.90. The van der Waals surface area contributed by atoms with Gasteiger partial charge in [-0.15, -0.1) is 0 Å². The maximum atomic E-state index is 11.1. The molecule has 2 aromatic rings. The molecule has 0 saturated carbocycles. The predicted molar refractivity (Wildman–Crippen MR) is 97.4 cm³/mol. The van der Waals surface area contributed by atoms with E-state index in [2.05, 4.69) is 12.7 Å². The first-order valence-electron chi connectivity index (χ1n) is 7.79. The Hall–Kier alpha value is -2.88. The molecule has 4 nitrogen and oxygen atoms in total. The molecule has 0 N–H and O–H groups in total. The molecule has 3 rings (SSSR count). The number of benzene rings is 2. The fourth-order valence-corrected chi connectivity index (χ4v) is 3.57. The van der Waals surface area contributed by atoms with Crippen molar-refractivity contribution in [1.29, 1.82) is 0 Å². The van der Waals surface area contributed by atoms with Crippen molar-refractivity contribution in [3.8, 4) is 16.9 Å². The summed E-state index contributed by atoms with van der Waals surface area (Å²) in [6, 6.07) is 5.09. The van der Waals surface area contributed by atoms with Crippen LogP contribution in [0.2, 0.25) is 0 Å². The highest BCUT2D eigenvalue weighted by molar-refractivity contribution is 5.91. The molecule has 0 saturated heterocycles. The highest BCUT2D eigenvalue weighted by Gasteiger charge is 2.28. The first kappa shape index (κ1) is 16.0. The number of ether oxygens (including phenoxy) is 1. The summed E-state index contributed by atoms with van der Waals surface area (Å²) in [6.07, 6.45) is 6.53. The van der Waals surface area contributed by atoms with Gasteiger partial charge in [-0.05, 0) is 59.7 Å². The van der Waals surface area contributed by atoms with Crippen LogP contribution in [0.15, 0.2) is 30.9 Å². The van der Waals surface area contributed by atoms with Crippen molar-refractivity contribution in [2.24, 2.45) is 0 Å². The van der Waals surface area contributed by atoms with Crippen LogP contribution in [-0.2, 0) is 6.42 Å². The zero-order valence-electron chi connectivity index (χ0n) is 14.1. The Bertz CT molecular complexity index is 894. The summed E-state index contributed by atoms with van der Waals surface area (Å²) in [5.74, 6) is 0.819. The van der Waals surface area contributed by atoms with Crippen LogP contribution < -0.4 is 4.74 Å². The van der Waals surface area contributed by atoms with Crippen molar-refractivity contribution in [2.75, 3.05) is 7.11 Å². The van der Waals surface area contributed by atoms with Crippen LogP contribution in [0.4, 0.5) is 5.69 Å². The lowest BCUT2D eigenvalue weighted by Crippen LogP contribution is -1.99. The third-order valence-electron chi connectivity index (χ3n) is 4.56. The molecular formula is C20H19NO3. The summed E-state index contributed by atoms with van der Waals surface area (Å²) < 4.78 is 5.63. The van der Waals surface area contributed by atoms with Crippen molar-refractivity contribution in [2.45, 2.75) is 20.3 Å². The normalized spacial score (nSPS) is 12.1. The van der Waals surface area contributed by atoms with E-state index >= 15 is 0 Å². The van der Waals surface area contributed by atoms with Gasteiger partial charge in [0.05, 0.1) is 12.0 Å². The number of nitrogens with zero attached hydrogens (tertiary/aromatic N) is 1. The van der Waals surface area contributed by atoms with Crippen molar-refractivity contribution >= 4 is 17.8 Å². The zero-order chi connectivity index (χ0) is 17.4. The van der Waals surface area contributed by atoms with E-state index in [1.807, 2.05) is 32.1 Å². The van der Waals surface area contributed by atoms with E-state index in [-0.39, 0.29) is 10.6 Å². The van der Waals surface area contributed by atoms with Gasteiger partial charge in [-0.2, -0.15) is 0 Å². The van der Waals surface area contributed by atoms with Crippen molar-refractivity contribution in [3.63, 3.8) is 0 Å². The summed E-state index contributed by atoms with van der Waals surface area (Å²) in [5.41, 5.74) is 7.52. The van der Waals surface area contributed by atoms with E-state index < -0.39 is 0 Å². The number of methoxy groups -OCH3 is 1. The van der Waals surface area contributed by atoms with Gasteiger partial charge in [0.25, 0.3) is 5.69 Å². The minimum atomic E-state index is -0.351. The van der Waals surface area contributed by atoms with Crippen molar-refractivity contribution in [1.82, 2.24) is 0 Å². The maximum absolute atomic E-state index is 11.1. The number of non-ortho nitro benzene ring substituents is 1. The molecule has 0 aliphatic heterocycles. The molecule has 0 aromatic heterocycles. The molecule has 24 heavy (non-hydrogen) atoms. The SMILES string of the molecule is C=Cc1c2c(c(/C=C\C)c(C)c1OC)-c1ccc([N+](=O)[O-])cc1C2. The standard InChI is InChI=1S/C20H19NO3/c1-5-7-16-12(3)20(24-4)15(6-2)18-11-13-10-14(21(22)23)8-9-17(13)19(16)18/h5-10H,2,11H2,1,3-4H3/b7-5-. The molecule has 0 unspecified atom stereocenters. The topological polar surface area (TPSA) is 52.4 Å². The third-order valence-corrected chi connectivity index (χ3v) is 4.56. The second-order valence-corrected chi connectivity index (χ2v) is 5.82. The Labute approximate surface area is 141 Å². The molecule has 1 aliphatic carbocycles. The molecule has 0 amide bonds. The number of hydrogen-bond acceptors (Lipinski definition) is 3. The largest absolute Gasteiger partial charge is 0.496 e. The molecule has 0 heterocycles. The van der Waals surface area contributed by atoms with Gasteiger partial charge in [0, 0.05) is 17.7 Å². The van der Waals surface area contributed by atoms with E-state index in [1.165, 1.54) is 0 Å². The van der Waals surface area contributed by atoms with Gasteiger partial charge < -0.3 is 4.74 Å². The van der Waals surface area contributed by atoms with Gasteiger partial charge in [0.15, 0.2) is 0 Å². The lowest BCUT2D eigenvalue weighted by molar-refractivity contribution is -0.384. The minimum absolute atomic E-state index is 0.123. The van der Waals surface area contributed by atoms with Crippen LogP contribution in [0.3, 0.4) is 0 Å². The average molecular weight is 321 g/mol. The average Bonchev–Trinajstić information content (AvgIpc) is 2.94. The molecule has 0 spiro atoms. The van der Waals surface area contributed by atoms with Gasteiger partial charge in [-0.3, -0.25) is 10.1 Å². The monoisotopic (exact) mass is 321 g/mol. The number of nitro benzene ring substituents is 1. The number of hydrogen-bond donors (Lipinski definition) is 0. The quantitative estimate of drug-likeness (QED) is 0.492. The second-order valence-electron chi connectivity index (χ2n) is 5.82. The highest BCUT2D eigenvalue weighted by atomic mass is 16.6. The van der Waals surface area contributed by atoms with E-state index in [0.717, 1.165) is 44.7 Å². The summed E-state index contributed by atoms with van der Waals surface area (Å²) >= 11 is 0. The van der Waals surface area contributed by atoms with Gasteiger partial charge in [-0.1, -0.05) is 24.8 Å². The Balaban J connectivity index is 2.37. The van der Waals surface area contributed by atoms with Gasteiger partial charge >= 0.3 is 0 Å². The minimum Gasteiger partial charge on any atom is -0.496 e. The van der Waals surface area contributed by atoms with Crippen molar-refractivity contribution < 1.29 is 9.66 Å². The smallest absolute Gasteiger partial charge is 0.269 e. The summed E-state index contributed by atoms with van der Waals surface area (Å²) in [4.78, 5) is 10.7. The van der Waals surface area contributed by atoms with Crippen LogP contribution in [0.1, 0.15) is 34.7 Å². The molecule has 1 aliphatic rings. The summed E-state index contributed by atoms with van der Waals surface area (Å²) in [7, 11) is 1.66. The highest BCUT2D eigenvalue weighted by Crippen LogP contribution is 2.47. The molecule has 0 bridgehead atoms. The van der Waals surface area contributed by atoms with Gasteiger partial charge in [-0.25, -0.2) is 0 Å². The van der Waals surface area contributed by atoms with E-state index in [1.54, 1.807) is 19.2 Å². The third kappa shape index (κ3) is 2.22. The fourth-order valence-electron chi connectivity index (χ4n) is 3.57. The zero-order valence-corrected chi connectivity index (χ0v) is 14.1. The van der Waals surface area contributed by atoms with E-state index in [4.69, 9.17) is 4.74 Å². The summed E-state index contributed by atoms with van der Waals surface area (Å²) in [6.45, 7) is 7.95. The Morgan fingerprint density at radius 2 is 2.08 bits per heavy atom. The first-order valence-corrected chi connectivity index (χ1v) is 7.79. The van der Waals surface area contributed by atoms with Crippen LogP contribution in [-0.4, -0.2) is 12.0 Å². The second kappa shape index (κ2) is 5.96. The number of fused-ring (bicyclic) bond motifs is 3. The van der Waals surface area contributed by atoms with Gasteiger partial charge in [0.2, 0.25) is 0 Å².